The van der Waals surface area contributed by atoms with Crippen LogP contribution in [0.5, 0.6) is 0 Å². The lowest BCUT2D eigenvalue weighted by Crippen LogP contribution is -2.15. The molecule has 0 N–H and O–H groups in total. The number of fused-ring (bicyclic) bond motifs is 6. The summed E-state index contributed by atoms with van der Waals surface area (Å²) in [5.41, 5.74) is 6.10. The van der Waals surface area contributed by atoms with Gasteiger partial charge in [0.05, 0.1) is 16.3 Å². The Hall–Kier alpha value is -2.57. The SMILES string of the molecule is Cc1ccc(-c2c3c(nc4sc5c(c24)CCCC5)-c2cc(F)ccc2S(=O)(=O)C3)cc1. The third-order valence-electron chi connectivity index (χ3n) is 6.41. The first-order chi connectivity index (χ1) is 14.9. The average Bonchev–Trinajstić information content (AvgIpc) is 3.11. The van der Waals surface area contributed by atoms with E-state index in [1.807, 2.05) is 6.92 Å². The largest absolute Gasteiger partial charge is 0.236 e. The maximum Gasteiger partial charge on any atom is 0.183 e. The molecule has 3 nitrogen and oxygen atoms in total. The van der Waals surface area contributed by atoms with Crippen LogP contribution in [0, 0.1) is 12.7 Å². The molecule has 1 aliphatic heterocycles. The highest BCUT2D eigenvalue weighted by atomic mass is 32.2. The number of rotatable bonds is 1. The number of aryl methyl sites for hydroxylation is 3. The molecule has 0 atom stereocenters. The molecule has 31 heavy (non-hydrogen) atoms. The number of benzene rings is 2. The van der Waals surface area contributed by atoms with Crippen molar-refractivity contribution in [3.05, 3.63) is 69.8 Å². The summed E-state index contributed by atoms with van der Waals surface area (Å²) < 4.78 is 40.6. The summed E-state index contributed by atoms with van der Waals surface area (Å²) in [5.74, 6) is -0.566. The minimum atomic E-state index is -3.59. The van der Waals surface area contributed by atoms with E-state index in [0.717, 1.165) is 46.2 Å². The molecular formula is C25H20FNO2S2. The van der Waals surface area contributed by atoms with E-state index < -0.39 is 15.7 Å². The molecule has 6 rings (SSSR count). The highest BCUT2D eigenvalue weighted by Crippen LogP contribution is 2.48. The number of pyridine rings is 1. The van der Waals surface area contributed by atoms with Crippen LogP contribution in [0.3, 0.4) is 0 Å². The van der Waals surface area contributed by atoms with Gasteiger partial charge in [-0.3, -0.25) is 0 Å². The van der Waals surface area contributed by atoms with Crippen molar-refractivity contribution in [1.29, 1.82) is 0 Å². The maximum absolute atomic E-state index is 14.2. The van der Waals surface area contributed by atoms with Crippen molar-refractivity contribution in [2.75, 3.05) is 0 Å². The molecule has 156 valence electrons. The Morgan fingerprint density at radius 3 is 2.58 bits per heavy atom. The fraction of sp³-hybridized carbons (Fsp3) is 0.240. The van der Waals surface area contributed by atoms with Gasteiger partial charge in [-0.25, -0.2) is 17.8 Å². The molecular weight excluding hydrogens is 429 g/mol. The first-order valence-corrected chi connectivity index (χ1v) is 13.0. The van der Waals surface area contributed by atoms with Gasteiger partial charge in [0.25, 0.3) is 0 Å². The molecule has 2 aliphatic rings. The van der Waals surface area contributed by atoms with E-state index in [-0.39, 0.29) is 10.6 Å². The lowest BCUT2D eigenvalue weighted by Gasteiger charge is -2.23. The number of thiophene rings is 1. The van der Waals surface area contributed by atoms with Crippen molar-refractivity contribution in [3.63, 3.8) is 0 Å². The number of nitrogens with zero attached hydrogens (tertiary/aromatic N) is 1. The summed E-state index contributed by atoms with van der Waals surface area (Å²) in [6.45, 7) is 2.04. The van der Waals surface area contributed by atoms with Crippen LogP contribution in [0.2, 0.25) is 0 Å². The second-order valence-corrected chi connectivity index (χ2v) is 11.5. The van der Waals surface area contributed by atoms with Gasteiger partial charge in [0.1, 0.15) is 10.6 Å². The van der Waals surface area contributed by atoms with Gasteiger partial charge in [-0.05, 0) is 67.5 Å². The van der Waals surface area contributed by atoms with E-state index in [1.54, 1.807) is 11.3 Å². The number of hydrogen-bond donors (Lipinski definition) is 0. The summed E-state index contributed by atoms with van der Waals surface area (Å²) in [6.07, 6.45) is 4.34. The van der Waals surface area contributed by atoms with Crippen molar-refractivity contribution in [2.24, 2.45) is 0 Å². The number of hydrogen-bond acceptors (Lipinski definition) is 4. The van der Waals surface area contributed by atoms with Crippen molar-refractivity contribution in [3.8, 4) is 22.4 Å². The maximum atomic E-state index is 14.2. The van der Waals surface area contributed by atoms with Crippen LogP contribution in [0.15, 0.2) is 47.4 Å². The van der Waals surface area contributed by atoms with Gasteiger partial charge >= 0.3 is 0 Å². The van der Waals surface area contributed by atoms with Crippen molar-refractivity contribution >= 4 is 31.4 Å². The Morgan fingerprint density at radius 2 is 1.77 bits per heavy atom. The molecule has 6 heteroatoms. The van der Waals surface area contributed by atoms with E-state index >= 15 is 0 Å². The van der Waals surface area contributed by atoms with Gasteiger partial charge in [0, 0.05) is 21.4 Å². The zero-order valence-corrected chi connectivity index (χ0v) is 18.7. The molecule has 0 bridgehead atoms. The molecule has 0 amide bonds. The molecule has 0 radical (unpaired) electrons. The summed E-state index contributed by atoms with van der Waals surface area (Å²) in [4.78, 5) is 7.41. The predicted octanol–water partition coefficient (Wildman–Crippen LogP) is 6.24. The molecule has 2 aromatic carbocycles. The Bertz CT molecular complexity index is 1480. The molecule has 0 saturated heterocycles. The second kappa shape index (κ2) is 6.71. The molecule has 3 heterocycles. The lowest BCUT2D eigenvalue weighted by molar-refractivity contribution is 0.593. The van der Waals surface area contributed by atoms with Crippen LogP contribution >= 0.6 is 11.3 Å². The van der Waals surface area contributed by atoms with Crippen molar-refractivity contribution < 1.29 is 12.8 Å². The summed E-state index contributed by atoms with van der Waals surface area (Å²) in [6, 6.07) is 12.1. The zero-order valence-electron chi connectivity index (χ0n) is 17.0. The summed E-state index contributed by atoms with van der Waals surface area (Å²) in [5, 5.41) is 1.09. The Labute approximate surface area is 184 Å². The monoisotopic (exact) mass is 449 g/mol. The van der Waals surface area contributed by atoms with Crippen LogP contribution in [0.4, 0.5) is 4.39 Å². The van der Waals surface area contributed by atoms with E-state index in [4.69, 9.17) is 4.98 Å². The summed E-state index contributed by atoms with van der Waals surface area (Å²) >= 11 is 1.71. The number of sulfone groups is 1. The molecule has 4 aromatic rings. The van der Waals surface area contributed by atoms with Gasteiger partial charge in [-0.15, -0.1) is 11.3 Å². The molecule has 0 spiro atoms. The van der Waals surface area contributed by atoms with Gasteiger partial charge in [0.2, 0.25) is 0 Å². The first-order valence-electron chi connectivity index (χ1n) is 10.5. The lowest BCUT2D eigenvalue weighted by atomic mass is 9.89. The minimum Gasteiger partial charge on any atom is -0.236 e. The van der Waals surface area contributed by atoms with Crippen molar-refractivity contribution in [1.82, 2.24) is 4.98 Å². The van der Waals surface area contributed by atoms with Crippen LogP contribution in [-0.4, -0.2) is 13.4 Å². The molecule has 0 unspecified atom stereocenters. The van der Waals surface area contributed by atoms with E-state index in [0.29, 0.717) is 16.8 Å². The highest BCUT2D eigenvalue weighted by molar-refractivity contribution is 7.91. The van der Waals surface area contributed by atoms with Crippen molar-refractivity contribution in [2.45, 2.75) is 43.3 Å². The average molecular weight is 450 g/mol. The van der Waals surface area contributed by atoms with Crippen LogP contribution in [0.1, 0.15) is 34.4 Å². The van der Waals surface area contributed by atoms with E-state index in [9.17, 15) is 12.8 Å². The number of aromatic nitrogens is 1. The standard InChI is InChI=1S/C25H20FNO2S2/c1-14-6-8-15(9-7-14)22-19-13-31(28,29)21-11-10-16(26)12-18(21)24(19)27-25-23(22)17-4-2-3-5-20(17)30-25/h6-12H,2-5,13H2,1H3. The second-order valence-electron chi connectivity index (χ2n) is 8.47. The van der Waals surface area contributed by atoms with E-state index in [1.165, 1.54) is 35.1 Å². The quantitative estimate of drug-likeness (QED) is 0.323. The smallest absolute Gasteiger partial charge is 0.183 e. The van der Waals surface area contributed by atoms with Gasteiger partial charge in [0.15, 0.2) is 9.84 Å². The summed E-state index contributed by atoms with van der Waals surface area (Å²) in [7, 11) is -3.59. The Morgan fingerprint density at radius 1 is 1.00 bits per heavy atom. The van der Waals surface area contributed by atoms with Crippen LogP contribution in [0.25, 0.3) is 32.6 Å². The third-order valence-corrected chi connectivity index (χ3v) is 9.29. The van der Waals surface area contributed by atoms with Gasteiger partial charge in [-0.1, -0.05) is 29.8 Å². The fourth-order valence-corrected chi connectivity index (χ4v) is 7.81. The van der Waals surface area contributed by atoms with Crippen LogP contribution < -0.4 is 0 Å². The minimum absolute atomic E-state index is 0.113. The van der Waals surface area contributed by atoms with Gasteiger partial charge < -0.3 is 0 Å². The number of halogens is 1. The fourth-order valence-electron chi connectivity index (χ4n) is 4.95. The molecule has 0 fully saturated rings. The normalized spacial score (nSPS) is 16.6. The third kappa shape index (κ3) is 2.88. The highest BCUT2D eigenvalue weighted by Gasteiger charge is 2.34. The Kier molecular flexibility index (Phi) is 4.14. The van der Waals surface area contributed by atoms with Gasteiger partial charge in [-0.2, -0.15) is 0 Å². The van der Waals surface area contributed by atoms with E-state index in [2.05, 4.69) is 24.3 Å². The first kappa shape index (κ1) is 19.1. The zero-order chi connectivity index (χ0) is 21.3. The topological polar surface area (TPSA) is 47.0 Å². The predicted molar refractivity (Wildman–Crippen MR) is 123 cm³/mol. The van der Waals surface area contributed by atoms with Crippen LogP contribution in [-0.2, 0) is 28.4 Å². The molecule has 2 aromatic heterocycles. The molecule has 0 saturated carbocycles. The molecule has 1 aliphatic carbocycles. The Balaban J connectivity index is 1.78.